The molecule has 130 valence electrons. The summed E-state index contributed by atoms with van der Waals surface area (Å²) in [6.45, 7) is 2.14. The van der Waals surface area contributed by atoms with Crippen molar-refractivity contribution in [1.29, 1.82) is 0 Å². The first-order valence-electron chi connectivity index (χ1n) is 8.29. The summed E-state index contributed by atoms with van der Waals surface area (Å²) in [4.78, 5) is 18.8. The maximum atomic E-state index is 11.3. The summed E-state index contributed by atoms with van der Waals surface area (Å²) in [6, 6.07) is 9.69. The number of H-pyrrole nitrogens is 1. The summed E-state index contributed by atoms with van der Waals surface area (Å²) >= 11 is 0. The van der Waals surface area contributed by atoms with E-state index >= 15 is 0 Å². The number of carboxylic acids is 1. The molecule has 0 aliphatic carbocycles. The predicted molar refractivity (Wildman–Crippen MR) is 98.9 cm³/mol. The standard InChI is InChI=1S/C19H22N4O2/c1-3-4-13-6-5-12(10-17(13)23(2)20)9-14-11-16-18(22-14)15(19(24)25)7-8-21-16/h5-8,10-11,22H,3-4,9,20H2,1-2H3,(H,24,25). The number of pyridine rings is 1. The van der Waals surface area contributed by atoms with Gasteiger partial charge in [-0.15, -0.1) is 0 Å². The van der Waals surface area contributed by atoms with E-state index in [-0.39, 0.29) is 5.56 Å². The van der Waals surface area contributed by atoms with Crippen LogP contribution in [0.15, 0.2) is 36.5 Å². The third kappa shape index (κ3) is 3.49. The van der Waals surface area contributed by atoms with Gasteiger partial charge in [-0.2, -0.15) is 0 Å². The molecule has 0 bridgehead atoms. The van der Waals surface area contributed by atoms with Crippen LogP contribution in [0.3, 0.4) is 0 Å². The molecule has 3 rings (SSSR count). The zero-order valence-electron chi connectivity index (χ0n) is 14.4. The van der Waals surface area contributed by atoms with Crippen LogP contribution in [-0.2, 0) is 12.8 Å². The smallest absolute Gasteiger partial charge is 0.337 e. The number of aromatic amines is 1. The molecule has 0 spiro atoms. The Hall–Kier alpha value is -2.86. The minimum Gasteiger partial charge on any atom is -0.478 e. The van der Waals surface area contributed by atoms with Crippen molar-refractivity contribution in [1.82, 2.24) is 9.97 Å². The minimum atomic E-state index is -0.961. The van der Waals surface area contributed by atoms with Crippen LogP contribution in [0.1, 0.15) is 40.5 Å². The fourth-order valence-corrected chi connectivity index (χ4v) is 3.10. The number of anilines is 1. The van der Waals surface area contributed by atoms with Gasteiger partial charge >= 0.3 is 5.97 Å². The molecule has 6 nitrogen and oxygen atoms in total. The van der Waals surface area contributed by atoms with Crippen molar-refractivity contribution < 1.29 is 9.90 Å². The predicted octanol–water partition coefficient (Wildman–Crippen LogP) is 3.11. The van der Waals surface area contributed by atoms with Crippen molar-refractivity contribution in [3.63, 3.8) is 0 Å². The Kier molecular flexibility index (Phi) is 4.72. The summed E-state index contributed by atoms with van der Waals surface area (Å²) in [7, 11) is 1.84. The van der Waals surface area contributed by atoms with Crippen LogP contribution in [-0.4, -0.2) is 28.1 Å². The third-order valence-electron chi connectivity index (χ3n) is 4.25. The maximum absolute atomic E-state index is 11.3. The van der Waals surface area contributed by atoms with E-state index in [0.29, 0.717) is 17.5 Å². The highest BCUT2D eigenvalue weighted by Crippen LogP contribution is 2.24. The van der Waals surface area contributed by atoms with Crippen molar-refractivity contribution in [3.05, 3.63) is 58.9 Å². The molecular weight excluding hydrogens is 316 g/mol. The Bertz CT molecular complexity index is 915. The minimum absolute atomic E-state index is 0.233. The van der Waals surface area contributed by atoms with Gasteiger partial charge in [-0.3, -0.25) is 4.98 Å². The zero-order chi connectivity index (χ0) is 18.0. The molecule has 4 N–H and O–H groups in total. The Morgan fingerprint density at radius 3 is 2.80 bits per heavy atom. The number of fused-ring (bicyclic) bond motifs is 1. The van der Waals surface area contributed by atoms with E-state index in [9.17, 15) is 9.90 Å². The number of nitrogens with two attached hydrogens (primary N) is 1. The van der Waals surface area contributed by atoms with Crippen LogP contribution in [0, 0.1) is 0 Å². The fourth-order valence-electron chi connectivity index (χ4n) is 3.10. The number of hydrogen-bond acceptors (Lipinski definition) is 4. The molecule has 3 aromatic rings. The molecule has 0 atom stereocenters. The molecule has 0 saturated heterocycles. The maximum Gasteiger partial charge on any atom is 0.337 e. The van der Waals surface area contributed by atoms with E-state index in [1.54, 1.807) is 5.01 Å². The SMILES string of the molecule is CCCc1ccc(Cc2cc3nccc(C(=O)O)c3[nH]2)cc1N(C)N. The van der Waals surface area contributed by atoms with Crippen LogP contribution in [0.5, 0.6) is 0 Å². The van der Waals surface area contributed by atoms with Crippen molar-refractivity contribution in [3.8, 4) is 0 Å². The normalized spacial score (nSPS) is 11.0. The number of nitrogens with zero attached hydrogens (tertiary/aromatic N) is 2. The van der Waals surface area contributed by atoms with E-state index in [0.717, 1.165) is 29.8 Å². The molecule has 0 radical (unpaired) electrons. The van der Waals surface area contributed by atoms with Crippen molar-refractivity contribution in [2.24, 2.45) is 5.84 Å². The molecule has 0 fully saturated rings. The Balaban J connectivity index is 1.94. The quantitative estimate of drug-likeness (QED) is 0.474. The third-order valence-corrected chi connectivity index (χ3v) is 4.25. The second-order valence-electron chi connectivity index (χ2n) is 6.22. The Morgan fingerprint density at radius 2 is 2.12 bits per heavy atom. The lowest BCUT2D eigenvalue weighted by Crippen LogP contribution is -2.26. The largest absolute Gasteiger partial charge is 0.478 e. The summed E-state index contributed by atoms with van der Waals surface area (Å²) in [6.07, 6.45) is 4.22. The number of carboxylic acid groups (broad SMARTS) is 1. The molecule has 25 heavy (non-hydrogen) atoms. The van der Waals surface area contributed by atoms with Crippen LogP contribution in [0.2, 0.25) is 0 Å². The molecule has 0 unspecified atom stereocenters. The average molecular weight is 338 g/mol. The second kappa shape index (κ2) is 6.94. The van der Waals surface area contributed by atoms with E-state index in [1.807, 2.05) is 13.1 Å². The van der Waals surface area contributed by atoms with E-state index < -0.39 is 5.97 Å². The van der Waals surface area contributed by atoms with Gasteiger partial charge < -0.3 is 15.1 Å². The van der Waals surface area contributed by atoms with Gasteiger partial charge in [0.1, 0.15) is 0 Å². The van der Waals surface area contributed by atoms with Crippen LogP contribution in [0.4, 0.5) is 5.69 Å². The lowest BCUT2D eigenvalue weighted by molar-refractivity contribution is 0.0698. The number of benzene rings is 1. The first-order chi connectivity index (χ1) is 12.0. The van der Waals surface area contributed by atoms with Gasteiger partial charge in [0.05, 0.1) is 22.3 Å². The second-order valence-corrected chi connectivity index (χ2v) is 6.22. The number of aromatic carboxylic acids is 1. The molecule has 0 aliphatic rings. The van der Waals surface area contributed by atoms with Crippen molar-refractivity contribution >= 4 is 22.7 Å². The summed E-state index contributed by atoms with van der Waals surface area (Å²) in [5.41, 5.74) is 5.72. The first kappa shape index (κ1) is 17.0. The highest BCUT2D eigenvalue weighted by Gasteiger charge is 2.13. The number of rotatable bonds is 6. The molecule has 0 aliphatic heterocycles. The van der Waals surface area contributed by atoms with Crippen LogP contribution >= 0.6 is 0 Å². The number of carbonyl (C=O) groups is 1. The molecule has 0 amide bonds. The number of nitrogens with one attached hydrogen (secondary N) is 1. The number of hydrazine groups is 1. The van der Waals surface area contributed by atoms with Crippen molar-refractivity contribution in [2.45, 2.75) is 26.2 Å². The molecular formula is C19H22N4O2. The van der Waals surface area contributed by atoms with Crippen LogP contribution in [0.25, 0.3) is 11.0 Å². The summed E-state index contributed by atoms with van der Waals surface area (Å²) in [5.74, 6) is 5.01. The molecule has 2 aromatic heterocycles. The van der Waals surface area contributed by atoms with Gasteiger partial charge in [0.2, 0.25) is 0 Å². The number of aromatic nitrogens is 2. The lowest BCUT2D eigenvalue weighted by atomic mass is 10.0. The highest BCUT2D eigenvalue weighted by atomic mass is 16.4. The monoisotopic (exact) mass is 338 g/mol. The van der Waals surface area contributed by atoms with Gasteiger partial charge in [-0.1, -0.05) is 25.5 Å². The van der Waals surface area contributed by atoms with Crippen LogP contribution < -0.4 is 10.9 Å². The molecule has 1 aromatic carbocycles. The molecule has 2 heterocycles. The number of aryl methyl sites for hydroxylation is 1. The van der Waals surface area contributed by atoms with E-state index in [4.69, 9.17) is 5.84 Å². The lowest BCUT2D eigenvalue weighted by Gasteiger charge is -2.18. The Labute approximate surface area is 146 Å². The van der Waals surface area contributed by atoms with Gasteiger partial charge in [0.25, 0.3) is 0 Å². The summed E-state index contributed by atoms with van der Waals surface area (Å²) in [5, 5.41) is 10.9. The van der Waals surface area contributed by atoms with Gasteiger partial charge in [0.15, 0.2) is 0 Å². The van der Waals surface area contributed by atoms with Gasteiger partial charge in [0, 0.05) is 25.4 Å². The topological polar surface area (TPSA) is 95.2 Å². The Morgan fingerprint density at radius 1 is 1.32 bits per heavy atom. The fraction of sp³-hybridized carbons (Fsp3) is 0.263. The van der Waals surface area contributed by atoms with Gasteiger partial charge in [-0.05, 0) is 35.7 Å². The van der Waals surface area contributed by atoms with E-state index in [2.05, 4.69) is 35.1 Å². The van der Waals surface area contributed by atoms with E-state index in [1.165, 1.54) is 17.8 Å². The average Bonchev–Trinajstić information content (AvgIpc) is 2.98. The highest BCUT2D eigenvalue weighted by molar-refractivity contribution is 6.00. The van der Waals surface area contributed by atoms with Crippen molar-refractivity contribution in [2.75, 3.05) is 12.1 Å². The summed E-state index contributed by atoms with van der Waals surface area (Å²) < 4.78 is 0. The van der Waals surface area contributed by atoms with Gasteiger partial charge in [-0.25, -0.2) is 10.6 Å². The number of hydrogen-bond donors (Lipinski definition) is 3. The first-order valence-corrected chi connectivity index (χ1v) is 8.29. The zero-order valence-corrected chi connectivity index (χ0v) is 14.4. The molecule has 0 saturated carbocycles. The molecule has 6 heteroatoms.